The summed E-state index contributed by atoms with van der Waals surface area (Å²) in [4.78, 5) is 27.0. The second kappa shape index (κ2) is 8.24. The number of nitrogens with one attached hydrogen (secondary N) is 2. The van der Waals surface area contributed by atoms with E-state index in [1.165, 1.54) is 24.5 Å². The Kier molecular flexibility index (Phi) is 5.78. The molecule has 0 saturated carbocycles. The van der Waals surface area contributed by atoms with Crippen LogP contribution in [0, 0.1) is 11.7 Å². The molecule has 6 nitrogen and oxygen atoms in total. The monoisotopic (exact) mass is 373 g/mol. The summed E-state index contributed by atoms with van der Waals surface area (Å²) in [5, 5.41) is 5.40. The van der Waals surface area contributed by atoms with Crippen LogP contribution >= 0.6 is 0 Å². The van der Waals surface area contributed by atoms with Crippen LogP contribution in [0.4, 0.5) is 15.8 Å². The third-order valence-corrected chi connectivity index (χ3v) is 4.60. The molecule has 1 aromatic carbocycles. The fourth-order valence-electron chi connectivity index (χ4n) is 3.18. The van der Waals surface area contributed by atoms with E-state index in [1.807, 2.05) is 13.8 Å². The standard InChI is InChI=1S/C20H24FN3O3/c1-13(2)18(23-19(25)17-6-5-9-27-17)20(26)22-15-10-14(21)11-16(12-15)24-7-3-4-8-24/h5-6,9-13,18H,3-4,7-8H2,1-2H3,(H,22,26)(H,23,25). The Morgan fingerprint density at radius 1 is 1.19 bits per heavy atom. The molecule has 1 saturated heterocycles. The molecule has 0 spiro atoms. The van der Waals surface area contributed by atoms with Gasteiger partial charge in [-0.15, -0.1) is 0 Å². The van der Waals surface area contributed by atoms with E-state index < -0.39 is 23.7 Å². The average Bonchev–Trinajstić information content (AvgIpc) is 3.31. The lowest BCUT2D eigenvalue weighted by Crippen LogP contribution is -2.47. The van der Waals surface area contributed by atoms with Gasteiger partial charge in [-0.05, 0) is 49.1 Å². The number of rotatable bonds is 6. The Labute approximate surface area is 157 Å². The highest BCUT2D eigenvalue weighted by Gasteiger charge is 2.26. The minimum Gasteiger partial charge on any atom is -0.459 e. The normalized spacial score (nSPS) is 15.0. The van der Waals surface area contributed by atoms with Crippen LogP contribution < -0.4 is 15.5 Å². The van der Waals surface area contributed by atoms with Gasteiger partial charge < -0.3 is 20.0 Å². The van der Waals surface area contributed by atoms with Crippen molar-refractivity contribution in [2.45, 2.75) is 32.7 Å². The maximum Gasteiger partial charge on any atom is 0.287 e. The highest BCUT2D eigenvalue weighted by molar-refractivity contribution is 6.00. The van der Waals surface area contributed by atoms with Crippen LogP contribution in [0.1, 0.15) is 37.2 Å². The summed E-state index contributed by atoms with van der Waals surface area (Å²) < 4.78 is 19.1. The summed E-state index contributed by atoms with van der Waals surface area (Å²) in [6.45, 7) is 5.41. The van der Waals surface area contributed by atoms with Crippen LogP contribution in [-0.2, 0) is 4.79 Å². The summed E-state index contributed by atoms with van der Waals surface area (Å²) in [6, 6.07) is 6.87. The Balaban J connectivity index is 1.72. The number of carbonyl (C=O) groups excluding carboxylic acids is 2. The molecule has 3 rings (SSSR count). The van der Waals surface area contributed by atoms with Gasteiger partial charge in [-0.1, -0.05) is 13.8 Å². The van der Waals surface area contributed by atoms with Gasteiger partial charge in [-0.25, -0.2) is 4.39 Å². The predicted octanol–water partition coefficient (Wildman–Crippen LogP) is 3.41. The number of benzene rings is 1. The molecule has 7 heteroatoms. The molecule has 0 aliphatic carbocycles. The molecule has 0 radical (unpaired) electrons. The van der Waals surface area contributed by atoms with E-state index in [9.17, 15) is 14.0 Å². The zero-order valence-corrected chi connectivity index (χ0v) is 15.5. The molecule has 1 fully saturated rings. The number of furan rings is 1. The second-order valence-electron chi connectivity index (χ2n) is 7.05. The average molecular weight is 373 g/mol. The Hall–Kier alpha value is -2.83. The van der Waals surface area contributed by atoms with E-state index in [0.29, 0.717) is 5.69 Å². The lowest BCUT2D eigenvalue weighted by atomic mass is 10.0. The van der Waals surface area contributed by atoms with E-state index in [2.05, 4.69) is 15.5 Å². The minimum atomic E-state index is -0.777. The van der Waals surface area contributed by atoms with Gasteiger partial charge in [0.1, 0.15) is 11.9 Å². The quantitative estimate of drug-likeness (QED) is 0.814. The molecular formula is C20H24FN3O3. The van der Waals surface area contributed by atoms with E-state index in [4.69, 9.17) is 4.42 Å². The van der Waals surface area contributed by atoms with Crippen molar-refractivity contribution in [3.63, 3.8) is 0 Å². The van der Waals surface area contributed by atoms with Gasteiger partial charge in [0.15, 0.2) is 5.76 Å². The van der Waals surface area contributed by atoms with Crippen molar-refractivity contribution in [1.82, 2.24) is 5.32 Å². The van der Waals surface area contributed by atoms with Crippen molar-refractivity contribution in [3.05, 3.63) is 48.2 Å². The number of amides is 2. The number of hydrogen-bond donors (Lipinski definition) is 2. The van der Waals surface area contributed by atoms with Crippen LogP contribution in [0.15, 0.2) is 41.0 Å². The fraction of sp³-hybridized carbons (Fsp3) is 0.400. The number of hydrogen-bond acceptors (Lipinski definition) is 4. The Morgan fingerprint density at radius 2 is 1.93 bits per heavy atom. The third kappa shape index (κ3) is 4.67. The largest absolute Gasteiger partial charge is 0.459 e. The van der Waals surface area contributed by atoms with Crippen molar-refractivity contribution in [1.29, 1.82) is 0 Å². The van der Waals surface area contributed by atoms with Crippen LogP contribution in [0.5, 0.6) is 0 Å². The summed E-state index contributed by atoms with van der Waals surface area (Å²) in [7, 11) is 0. The lowest BCUT2D eigenvalue weighted by Gasteiger charge is -2.22. The Morgan fingerprint density at radius 3 is 2.56 bits per heavy atom. The second-order valence-corrected chi connectivity index (χ2v) is 7.05. The number of nitrogens with zero attached hydrogens (tertiary/aromatic N) is 1. The molecule has 1 aliphatic rings. The van der Waals surface area contributed by atoms with Crippen molar-refractivity contribution >= 4 is 23.2 Å². The third-order valence-electron chi connectivity index (χ3n) is 4.60. The lowest BCUT2D eigenvalue weighted by molar-refractivity contribution is -0.118. The van der Waals surface area contributed by atoms with Crippen molar-refractivity contribution in [3.8, 4) is 0 Å². The number of anilines is 2. The molecule has 144 valence electrons. The van der Waals surface area contributed by atoms with Gasteiger partial charge in [0.25, 0.3) is 5.91 Å². The molecule has 0 bridgehead atoms. The first-order valence-electron chi connectivity index (χ1n) is 9.15. The minimum absolute atomic E-state index is 0.135. The van der Waals surface area contributed by atoms with Gasteiger partial charge in [-0.3, -0.25) is 9.59 Å². The smallest absolute Gasteiger partial charge is 0.287 e. The molecular weight excluding hydrogens is 349 g/mol. The SMILES string of the molecule is CC(C)C(NC(=O)c1ccco1)C(=O)Nc1cc(F)cc(N2CCCC2)c1. The van der Waals surface area contributed by atoms with Crippen molar-refractivity contribution in [2.24, 2.45) is 5.92 Å². The molecule has 1 aromatic heterocycles. The molecule has 1 atom stereocenters. The first kappa shape index (κ1) is 18.9. The van der Waals surface area contributed by atoms with Gasteiger partial charge >= 0.3 is 0 Å². The maximum absolute atomic E-state index is 14.0. The molecule has 2 N–H and O–H groups in total. The fourth-order valence-corrected chi connectivity index (χ4v) is 3.18. The van der Waals surface area contributed by atoms with Gasteiger partial charge in [0.05, 0.1) is 6.26 Å². The molecule has 1 unspecified atom stereocenters. The summed E-state index contributed by atoms with van der Waals surface area (Å²) >= 11 is 0. The van der Waals surface area contributed by atoms with E-state index >= 15 is 0 Å². The first-order chi connectivity index (χ1) is 12.9. The van der Waals surface area contributed by atoms with Crippen LogP contribution in [0.25, 0.3) is 0 Å². The molecule has 2 heterocycles. The summed E-state index contributed by atoms with van der Waals surface area (Å²) in [6.07, 6.45) is 3.55. The number of halogens is 1. The van der Waals surface area contributed by atoms with Crippen LogP contribution in [0.2, 0.25) is 0 Å². The first-order valence-corrected chi connectivity index (χ1v) is 9.15. The van der Waals surface area contributed by atoms with Gasteiger partial charge in [0, 0.05) is 24.5 Å². The van der Waals surface area contributed by atoms with E-state index in [0.717, 1.165) is 31.6 Å². The predicted molar refractivity (Wildman–Crippen MR) is 101 cm³/mol. The Bertz CT molecular complexity index is 799. The highest BCUT2D eigenvalue weighted by Crippen LogP contribution is 2.25. The molecule has 27 heavy (non-hydrogen) atoms. The van der Waals surface area contributed by atoms with E-state index in [1.54, 1.807) is 12.1 Å². The molecule has 2 amide bonds. The van der Waals surface area contributed by atoms with Crippen molar-refractivity contribution in [2.75, 3.05) is 23.3 Å². The summed E-state index contributed by atoms with van der Waals surface area (Å²) in [5.74, 6) is -1.30. The van der Waals surface area contributed by atoms with Crippen molar-refractivity contribution < 1.29 is 18.4 Å². The maximum atomic E-state index is 14.0. The van der Waals surface area contributed by atoms with Crippen LogP contribution in [-0.4, -0.2) is 30.9 Å². The zero-order valence-electron chi connectivity index (χ0n) is 15.5. The number of carbonyl (C=O) groups is 2. The van der Waals surface area contributed by atoms with E-state index in [-0.39, 0.29) is 11.7 Å². The highest BCUT2D eigenvalue weighted by atomic mass is 19.1. The summed E-state index contributed by atoms with van der Waals surface area (Å²) in [5.41, 5.74) is 1.13. The zero-order chi connectivity index (χ0) is 19.4. The van der Waals surface area contributed by atoms with Crippen LogP contribution in [0.3, 0.4) is 0 Å². The van der Waals surface area contributed by atoms with Gasteiger partial charge in [-0.2, -0.15) is 0 Å². The molecule has 2 aromatic rings. The topological polar surface area (TPSA) is 74.6 Å². The van der Waals surface area contributed by atoms with Gasteiger partial charge in [0.2, 0.25) is 5.91 Å². The molecule has 1 aliphatic heterocycles.